The minimum atomic E-state index is -2.31. The Bertz CT molecular complexity index is 549. The number of carbonyl (C=O) groups is 2. The van der Waals surface area contributed by atoms with Crippen molar-refractivity contribution < 1.29 is 23.8 Å². The van der Waals surface area contributed by atoms with Crippen LogP contribution in [0.3, 0.4) is 0 Å². The van der Waals surface area contributed by atoms with Crippen LogP contribution in [0.1, 0.15) is 26.5 Å². The topological polar surface area (TPSA) is 66.8 Å². The number of hydrogen-bond acceptors (Lipinski definition) is 4. The third-order valence-corrected chi connectivity index (χ3v) is 4.95. The van der Waals surface area contributed by atoms with E-state index in [0.29, 0.717) is 18.1 Å². The molecule has 20 heavy (non-hydrogen) atoms. The van der Waals surface area contributed by atoms with Crippen molar-refractivity contribution in [3.63, 3.8) is 0 Å². The molecule has 1 unspecified atom stereocenters. The number of hydrogen-bond donors (Lipinski definition) is 1. The number of nitrogens with zero attached hydrogens (tertiary/aromatic N) is 1. The fraction of sp³-hybridized carbons (Fsp3) is 0.538. The lowest BCUT2D eigenvalue weighted by Crippen LogP contribution is -2.38. The van der Waals surface area contributed by atoms with E-state index in [1.807, 2.05) is 0 Å². The van der Waals surface area contributed by atoms with Crippen molar-refractivity contribution in [2.75, 3.05) is 19.7 Å². The van der Waals surface area contributed by atoms with E-state index in [9.17, 15) is 14.0 Å². The predicted octanol–water partition coefficient (Wildman–Crippen LogP) is 1.46. The van der Waals surface area contributed by atoms with Crippen LogP contribution in [0.2, 0.25) is 0 Å². The Kier molecular flexibility index (Phi) is 3.25. The third-order valence-electron chi connectivity index (χ3n) is 3.73. The zero-order chi connectivity index (χ0) is 14.3. The number of alkyl halides is 1. The van der Waals surface area contributed by atoms with Gasteiger partial charge in [0.05, 0.1) is 24.6 Å². The number of halogens is 1. The van der Waals surface area contributed by atoms with Crippen LogP contribution >= 0.6 is 11.3 Å². The Morgan fingerprint density at radius 3 is 2.95 bits per heavy atom. The van der Waals surface area contributed by atoms with Crippen LogP contribution in [0.5, 0.6) is 0 Å². The summed E-state index contributed by atoms with van der Waals surface area (Å²) in [6, 6.07) is 1.78. The maximum Gasteiger partial charge on any atom is 0.343 e. The third kappa shape index (κ3) is 2.20. The predicted molar refractivity (Wildman–Crippen MR) is 69.7 cm³/mol. The van der Waals surface area contributed by atoms with Crippen molar-refractivity contribution in [3.05, 3.63) is 21.4 Å². The second-order valence-electron chi connectivity index (χ2n) is 5.11. The molecule has 1 aromatic rings. The van der Waals surface area contributed by atoms with E-state index in [4.69, 9.17) is 9.84 Å². The Balaban J connectivity index is 1.77. The van der Waals surface area contributed by atoms with Crippen LogP contribution in [0, 0.1) is 0 Å². The highest BCUT2D eigenvalue weighted by Gasteiger charge is 2.47. The van der Waals surface area contributed by atoms with Gasteiger partial charge in [-0.2, -0.15) is 0 Å². The molecule has 1 aromatic heterocycles. The van der Waals surface area contributed by atoms with E-state index in [1.165, 1.54) is 16.2 Å². The molecule has 0 spiro atoms. The fourth-order valence-electron chi connectivity index (χ4n) is 2.53. The van der Waals surface area contributed by atoms with Crippen LogP contribution in [0.25, 0.3) is 0 Å². The largest absolute Gasteiger partial charge is 0.479 e. The van der Waals surface area contributed by atoms with Gasteiger partial charge in [-0.05, 0) is 11.6 Å². The first-order chi connectivity index (χ1) is 9.49. The highest BCUT2D eigenvalue weighted by Crippen LogP contribution is 2.31. The molecule has 1 N–H and O–H groups in total. The first-order valence-electron chi connectivity index (χ1n) is 6.40. The van der Waals surface area contributed by atoms with Crippen molar-refractivity contribution in [2.45, 2.75) is 25.1 Å². The van der Waals surface area contributed by atoms with Crippen molar-refractivity contribution >= 4 is 23.2 Å². The number of aliphatic carboxylic acids is 1. The van der Waals surface area contributed by atoms with E-state index in [0.717, 1.165) is 16.9 Å². The van der Waals surface area contributed by atoms with E-state index >= 15 is 0 Å². The highest BCUT2D eigenvalue weighted by atomic mass is 32.1. The van der Waals surface area contributed by atoms with E-state index in [2.05, 4.69) is 0 Å². The van der Waals surface area contributed by atoms with Gasteiger partial charge in [0, 0.05) is 24.3 Å². The van der Waals surface area contributed by atoms with Crippen LogP contribution in [0.15, 0.2) is 6.07 Å². The van der Waals surface area contributed by atoms with Gasteiger partial charge in [0.2, 0.25) is 5.67 Å². The van der Waals surface area contributed by atoms with Gasteiger partial charge in [-0.3, -0.25) is 4.79 Å². The van der Waals surface area contributed by atoms with Gasteiger partial charge in [-0.1, -0.05) is 0 Å². The molecule has 108 valence electrons. The molecule has 0 saturated carbocycles. The van der Waals surface area contributed by atoms with Gasteiger partial charge < -0.3 is 14.7 Å². The molecule has 1 atom stereocenters. The quantitative estimate of drug-likeness (QED) is 0.898. The Morgan fingerprint density at radius 1 is 1.50 bits per heavy atom. The number of ether oxygens (including phenoxy) is 1. The van der Waals surface area contributed by atoms with Crippen molar-refractivity contribution in [2.24, 2.45) is 0 Å². The molecule has 1 saturated heterocycles. The summed E-state index contributed by atoms with van der Waals surface area (Å²) < 4.78 is 19.3. The molecule has 7 heteroatoms. The summed E-state index contributed by atoms with van der Waals surface area (Å²) >= 11 is 1.40. The number of carboxylic acids is 1. The first-order valence-corrected chi connectivity index (χ1v) is 7.22. The number of fused-ring (bicyclic) bond motifs is 1. The molecular formula is C13H14FNO4S. The standard InChI is InChI=1S/C13H14FNO4S/c14-13(12(17)18)2-3-15(7-13)11(16)10-5-8-6-19-4-1-9(8)20-10/h5H,1-4,6-7H2,(H,17,18). The van der Waals surface area contributed by atoms with Crippen molar-refractivity contribution in [1.82, 2.24) is 4.90 Å². The van der Waals surface area contributed by atoms with Crippen LogP contribution in [-0.2, 0) is 22.6 Å². The fourth-order valence-corrected chi connectivity index (χ4v) is 3.65. The second kappa shape index (κ2) is 4.82. The summed E-state index contributed by atoms with van der Waals surface area (Å²) in [5, 5.41) is 8.85. The lowest BCUT2D eigenvalue weighted by molar-refractivity contribution is -0.149. The molecule has 3 rings (SSSR count). The maximum atomic E-state index is 14.0. The van der Waals surface area contributed by atoms with Crippen molar-refractivity contribution in [1.29, 1.82) is 0 Å². The van der Waals surface area contributed by atoms with Gasteiger partial charge in [-0.15, -0.1) is 11.3 Å². The summed E-state index contributed by atoms with van der Waals surface area (Å²) in [6.07, 6.45) is 0.637. The van der Waals surface area contributed by atoms with Gasteiger partial charge in [0.15, 0.2) is 0 Å². The summed E-state index contributed by atoms with van der Waals surface area (Å²) in [7, 11) is 0. The number of rotatable bonds is 2. The maximum absolute atomic E-state index is 14.0. The average molecular weight is 299 g/mol. The van der Waals surface area contributed by atoms with Crippen LogP contribution < -0.4 is 0 Å². The minimum absolute atomic E-state index is 0.140. The zero-order valence-corrected chi connectivity index (χ0v) is 11.5. The molecule has 2 aliphatic heterocycles. The molecule has 1 fully saturated rings. The highest BCUT2D eigenvalue weighted by molar-refractivity contribution is 7.14. The van der Waals surface area contributed by atoms with Crippen molar-refractivity contribution in [3.8, 4) is 0 Å². The smallest absolute Gasteiger partial charge is 0.343 e. The van der Waals surface area contributed by atoms with Gasteiger partial charge in [-0.25, -0.2) is 9.18 Å². The summed E-state index contributed by atoms with van der Waals surface area (Å²) in [4.78, 5) is 26.1. The first kappa shape index (κ1) is 13.5. The average Bonchev–Trinajstić information content (AvgIpc) is 3.02. The monoisotopic (exact) mass is 299 g/mol. The SMILES string of the molecule is O=C(c1cc2c(s1)CCOC2)N1CCC(F)(C(=O)O)C1. The minimum Gasteiger partial charge on any atom is -0.479 e. The van der Waals surface area contributed by atoms with Gasteiger partial charge in [0.25, 0.3) is 5.91 Å². The zero-order valence-electron chi connectivity index (χ0n) is 10.7. The number of carboxylic acid groups (broad SMARTS) is 1. The lowest BCUT2D eigenvalue weighted by Gasteiger charge is -2.16. The molecule has 3 heterocycles. The molecule has 1 amide bonds. The van der Waals surface area contributed by atoms with E-state index in [1.54, 1.807) is 6.07 Å². The lowest BCUT2D eigenvalue weighted by atomic mass is 10.1. The molecule has 0 radical (unpaired) electrons. The van der Waals surface area contributed by atoms with E-state index in [-0.39, 0.29) is 25.4 Å². The molecule has 0 aromatic carbocycles. The Morgan fingerprint density at radius 2 is 2.30 bits per heavy atom. The number of likely N-dealkylation sites (tertiary alicyclic amines) is 1. The summed E-state index contributed by atoms with van der Waals surface area (Å²) in [6.45, 7) is 0.916. The number of carbonyl (C=O) groups excluding carboxylic acids is 1. The molecule has 5 nitrogen and oxygen atoms in total. The van der Waals surface area contributed by atoms with E-state index < -0.39 is 11.6 Å². The number of thiophene rings is 1. The van der Waals surface area contributed by atoms with Gasteiger partial charge >= 0.3 is 5.97 Å². The molecule has 0 aliphatic carbocycles. The normalized spacial score (nSPS) is 25.6. The van der Waals surface area contributed by atoms with Crippen LogP contribution in [-0.4, -0.2) is 47.2 Å². The Labute approximate surface area is 119 Å². The molecule has 0 bridgehead atoms. The Hall–Kier alpha value is -1.47. The van der Waals surface area contributed by atoms with Gasteiger partial charge in [0.1, 0.15) is 0 Å². The second-order valence-corrected chi connectivity index (χ2v) is 6.25. The van der Waals surface area contributed by atoms with Crippen LogP contribution in [0.4, 0.5) is 4.39 Å². The molecular weight excluding hydrogens is 285 g/mol. The molecule has 2 aliphatic rings. The summed E-state index contributed by atoms with van der Waals surface area (Å²) in [5.74, 6) is -1.78. The summed E-state index contributed by atoms with van der Waals surface area (Å²) in [5.41, 5.74) is -1.30. The number of amides is 1.